The standard InChI is InChI=1S/C8H15O5P/c1-5-11-7(9)14(10)12-6(2)8(3,4)13-14/h6H,5H2,1-4H3. The Kier molecular flexibility index (Phi) is 3.04. The highest BCUT2D eigenvalue weighted by molar-refractivity contribution is 7.71. The molecule has 14 heavy (non-hydrogen) atoms. The van der Waals surface area contributed by atoms with Gasteiger partial charge >= 0.3 is 13.3 Å². The Morgan fingerprint density at radius 1 is 1.57 bits per heavy atom. The van der Waals surface area contributed by atoms with Crippen LogP contribution in [0.3, 0.4) is 0 Å². The maximum absolute atomic E-state index is 11.8. The largest absolute Gasteiger partial charge is 0.457 e. The lowest BCUT2D eigenvalue weighted by Gasteiger charge is -2.18. The summed E-state index contributed by atoms with van der Waals surface area (Å²) in [4.78, 5) is 11.3. The van der Waals surface area contributed by atoms with Crippen molar-refractivity contribution in [2.24, 2.45) is 0 Å². The molecular weight excluding hydrogens is 207 g/mol. The van der Waals surface area contributed by atoms with Crippen LogP contribution in [0, 0.1) is 0 Å². The lowest BCUT2D eigenvalue weighted by atomic mass is 10.0. The Hall–Kier alpha value is -0.380. The molecule has 2 unspecified atom stereocenters. The minimum absolute atomic E-state index is 0.157. The molecule has 82 valence electrons. The zero-order valence-electron chi connectivity index (χ0n) is 8.77. The molecule has 0 aliphatic carbocycles. The van der Waals surface area contributed by atoms with E-state index < -0.39 is 25.0 Å². The molecule has 0 aromatic carbocycles. The molecule has 1 rings (SSSR count). The molecule has 2 atom stereocenters. The van der Waals surface area contributed by atoms with Gasteiger partial charge in [0.05, 0.1) is 18.3 Å². The third-order valence-corrected chi connectivity index (χ3v) is 4.00. The van der Waals surface area contributed by atoms with Crippen LogP contribution in [-0.2, 0) is 18.3 Å². The van der Waals surface area contributed by atoms with E-state index in [2.05, 4.69) is 4.74 Å². The predicted octanol–water partition coefficient (Wildman–Crippen LogP) is 2.55. The van der Waals surface area contributed by atoms with Gasteiger partial charge < -0.3 is 4.74 Å². The molecule has 5 nitrogen and oxygen atoms in total. The average molecular weight is 222 g/mol. The summed E-state index contributed by atoms with van der Waals surface area (Å²) >= 11 is 0. The smallest absolute Gasteiger partial charge is 0.439 e. The summed E-state index contributed by atoms with van der Waals surface area (Å²) in [7, 11) is -3.72. The van der Waals surface area contributed by atoms with Gasteiger partial charge in [-0.15, -0.1) is 0 Å². The van der Waals surface area contributed by atoms with Crippen LogP contribution in [0.1, 0.15) is 27.7 Å². The van der Waals surface area contributed by atoms with Crippen LogP contribution in [0.4, 0.5) is 4.79 Å². The van der Waals surface area contributed by atoms with Crippen molar-refractivity contribution in [1.29, 1.82) is 0 Å². The van der Waals surface area contributed by atoms with Gasteiger partial charge in [0, 0.05) is 0 Å². The SMILES string of the molecule is CCOC(=O)P1(=O)OC(C)C(C)(C)O1. The molecule has 0 N–H and O–H groups in total. The van der Waals surface area contributed by atoms with Crippen LogP contribution in [0.5, 0.6) is 0 Å². The van der Waals surface area contributed by atoms with Crippen molar-refractivity contribution in [3.63, 3.8) is 0 Å². The Balaban J connectivity index is 2.81. The number of ether oxygens (including phenoxy) is 1. The first-order chi connectivity index (χ1) is 6.32. The number of carbonyl (C=O) groups is 1. The quantitative estimate of drug-likeness (QED) is 0.672. The van der Waals surface area contributed by atoms with E-state index in [0.29, 0.717) is 0 Å². The summed E-state index contributed by atoms with van der Waals surface area (Å²) in [6.07, 6.45) is -0.391. The lowest BCUT2D eigenvalue weighted by molar-refractivity contribution is 0.0841. The fraction of sp³-hybridized carbons (Fsp3) is 0.875. The Morgan fingerprint density at radius 3 is 2.50 bits per heavy atom. The van der Waals surface area contributed by atoms with Crippen LogP contribution in [-0.4, -0.2) is 24.0 Å². The summed E-state index contributed by atoms with van der Waals surface area (Å²) in [5.41, 5.74) is -1.63. The first-order valence-corrected chi connectivity index (χ1v) is 6.02. The van der Waals surface area contributed by atoms with Crippen LogP contribution in [0.25, 0.3) is 0 Å². The van der Waals surface area contributed by atoms with Gasteiger partial charge in [0.2, 0.25) is 0 Å². The van der Waals surface area contributed by atoms with Gasteiger partial charge in [0.15, 0.2) is 0 Å². The molecular formula is C8H15O5P. The predicted molar refractivity (Wildman–Crippen MR) is 50.3 cm³/mol. The molecule has 0 amide bonds. The highest BCUT2D eigenvalue weighted by Gasteiger charge is 2.53. The molecule has 1 fully saturated rings. The zero-order valence-corrected chi connectivity index (χ0v) is 9.67. The van der Waals surface area contributed by atoms with Crippen molar-refractivity contribution in [3.05, 3.63) is 0 Å². The molecule has 0 saturated carbocycles. The molecule has 0 radical (unpaired) electrons. The van der Waals surface area contributed by atoms with Crippen molar-refractivity contribution in [2.75, 3.05) is 6.61 Å². The fourth-order valence-corrected chi connectivity index (χ4v) is 2.95. The second kappa shape index (κ2) is 3.65. The van der Waals surface area contributed by atoms with Crippen molar-refractivity contribution in [2.45, 2.75) is 39.4 Å². The summed E-state index contributed by atoms with van der Waals surface area (Å²) in [5, 5.41) is 0. The summed E-state index contributed by atoms with van der Waals surface area (Å²) in [5.74, 6) is 0. The fourth-order valence-electron chi connectivity index (χ4n) is 1.02. The third kappa shape index (κ3) is 2.00. The molecule has 0 aromatic rings. The second-order valence-electron chi connectivity index (χ2n) is 3.64. The molecule has 0 spiro atoms. The summed E-state index contributed by atoms with van der Waals surface area (Å²) in [6.45, 7) is 6.94. The van der Waals surface area contributed by atoms with Crippen molar-refractivity contribution >= 4 is 13.3 Å². The summed E-state index contributed by atoms with van der Waals surface area (Å²) < 4.78 is 26.6. The van der Waals surface area contributed by atoms with E-state index in [1.165, 1.54) is 0 Å². The van der Waals surface area contributed by atoms with Crippen molar-refractivity contribution < 1.29 is 23.1 Å². The van der Waals surface area contributed by atoms with E-state index in [1.807, 2.05) is 0 Å². The highest BCUT2D eigenvalue weighted by Crippen LogP contribution is 2.61. The van der Waals surface area contributed by atoms with Gasteiger partial charge in [-0.3, -0.25) is 9.05 Å². The lowest BCUT2D eigenvalue weighted by Crippen LogP contribution is -2.29. The summed E-state index contributed by atoms with van der Waals surface area (Å²) in [6, 6.07) is 0. The molecule has 0 aromatic heterocycles. The molecule has 1 aliphatic heterocycles. The van der Waals surface area contributed by atoms with Crippen molar-refractivity contribution in [1.82, 2.24) is 0 Å². The number of hydrogen-bond donors (Lipinski definition) is 0. The average Bonchev–Trinajstić information content (AvgIpc) is 2.23. The van der Waals surface area contributed by atoms with E-state index in [0.717, 1.165) is 0 Å². The van der Waals surface area contributed by atoms with Gasteiger partial charge in [0.25, 0.3) is 0 Å². The van der Waals surface area contributed by atoms with E-state index in [1.54, 1.807) is 27.7 Å². The second-order valence-corrected chi connectivity index (χ2v) is 5.39. The van der Waals surface area contributed by atoms with Crippen LogP contribution in [0.2, 0.25) is 0 Å². The normalized spacial score (nSPS) is 35.6. The third-order valence-electron chi connectivity index (χ3n) is 2.12. The molecule has 1 saturated heterocycles. The first-order valence-electron chi connectivity index (χ1n) is 4.48. The van der Waals surface area contributed by atoms with Crippen LogP contribution in [0.15, 0.2) is 0 Å². The topological polar surface area (TPSA) is 61.8 Å². The van der Waals surface area contributed by atoms with E-state index in [-0.39, 0.29) is 6.61 Å². The Bertz CT molecular complexity index is 285. The van der Waals surface area contributed by atoms with E-state index >= 15 is 0 Å². The molecule has 1 heterocycles. The molecule has 6 heteroatoms. The minimum atomic E-state index is -3.72. The number of rotatable bonds is 2. The van der Waals surface area contributed by atoms with Gasteiger partial charge in [-0.05, 0) is 27.7 Å². The van der Waals surface area contributed by atoms with E-state index in [9.17, 15) is 9.36 Å². The van der Waals surface area contributed by atoms with Gasteiger partial charge in [-0.25, -0.2) is 9.36 Å². The highest BCUT2D eigenvalue weighted by atomic mass is 31.2. The number of carbonyl (C=O) groups excluding carboxylic acids is 1. The Morgan fingerprint density at radius 2 is 2.14 bits per heavy atom. The van der Waals surface area contributed by atoms with Gasteiger partial charge in [0.1, 0.15) is 0 Å². The minimum Gasteiger partial charge on any atom is -0.457 e. The zero-order chi connectivity index (χ0) is 11.0. The number of hydrogen-bond acceptors (Lipinski definition) is 5. The molecule has 1 aliphatic rings. The van der Waals surface area contributed by atoms with Crippen LogP contribution < -0.4 is 0 Å². The maximum Gasteiger partial charge on any atom is 0.439 e. The van der Waals surface area contributed by atoms with Gasteiger partial charge in [-0.1, -0.05) is 0 Å². The maximum atomic E-state index is 11.8. The monoisotopic (exact) mass is 222 g/mol. The van der Waals surface area contributed by atoms with E-state index in [4.69, 9.17) is 9.05 Å². The molecule has 0 bridgehead atoms. The Labute approximate surface area is 83.3 Å². The van der Waals surface area contributed by atoms with Gasteiger partial charge in [-0.2, -0.15) is 0 Å². The van der Waals surface area contributed by atoms with Crippen molar-refractivity contribution in [3.8, 4) is 0 Å². The first kappa shape index (κ1) is 11.7. The van der Waals surface area contributed by atoms with Crippen LogP contribution >= 0.6 is 7.60 Å².